The lowest BCUT2D eigenvalue weighted by Gasteiger charge is -2.17. The number of aromatic nitrogens is 3. The van der Waals surface area contributed by atoms with Crippen molar-refractivity contribution in [3.8, 4) is 5.75 Å². The van der Waals surface area contributed by atoms with Crippen LogP contribution < -0.4 is 4.74 Å². The summed E-state index contributed by atoms with van der Waals surface area (Å²) in [6, 6.07) is 14.5. The molecular weight excluding hydrogens is 424 g/mol. The van der Waals surface area contributed by atoms with E-state index in [-0.39, 0.29) is 0 Å². The van der Waals surface area contributed by atoms with Crippen LogP contribution in [0.5, 0.6) is 5.75 Å². The summed E-state index contributed by atoms with van der Waals surface area (Å²) in [5.74, 6) is 1.66. The molecule has 0 radical (unpaired) electrons. The Balaban J connectivity index is 1.29. The van der Waals surface area contributed by atoms with Gasteiger partial charge in [-0.3, -0.25) is 9.88 Å². The number of fused-ring (bicyclic) bond motifs is 1. The van der Waals surface area contributed by atoms with Gasteiger partial charge in [-0.05, 0) is 50.7 Å². The molecule has 0 fully saturated rings. The molecule has 0 spiro atoms. The zero-order chi connectivity index (χ0) is 21.6. The van der Waals surface area contributed by atoms with Crippen LogP contribution in [0.25, 0.3) is 11.0 Å². The van der Waals surface area contributed by atoms with Crippen molar-refractivity contribution in [1.29, 1.82) is 0 Å². The molecule has 0 atom stereocenters. The molecule has 4 aromatic rings. The molecule has 4 rings (SSSR count). The molecule has 3 heterocycles. The van der Waals surface area contributed by atoms with Crippen LogP contribution in [-0.4, -0.2) is 40.1 Å². The molecule has 7 heteroatoms. The number of pyridine rings is 1. The number of para-hydroxylation sites is 2. The maximum atomic E-state index is 6.10. The molecule has 5 nitrogen and oxygen atoms in total. The number of aryl methyl sites for hydroxylation is 1. The van der Waals surface area contributed by atoms with Crippen molar-refractivity contribution < 1.29 is 4.74 Å². The standard InChI is InChI=1S/C24H28N4OS2/c1-4-18-9-10-19(31-18)15-28(3)13-14-29-23-11-12-25-22(17(23)2)16-30-24-26-20-7-5-6-8-21(20)27-24/h5-12H,4,13-16H2,1-3H3,(H,26,27). The van der Waals surface area contributed by atoms with E-state index in [4.69, 9.17) is 4.74 Å². The highest BCUT2D eigenvalue weighted by atomic mass is 32.2. The van der Waals surface area contributed by atoms with Crippen LogP contribution in [0.15, 0.2) is 53.8 Å². The SMILES string of the molecule is CCc1ccc(CN(C)CCOc2ccnc(CSc3nc4ccccc4[nH]3)c2C)s1. The predicted molar refractivity (Wildman–Crippen MR) is 130 cm³/mol. The minimum atomic E-state index is 0.656. The van der Waals surface area contributed by atoms with Gasteiger partial charge in [-0.25, -0.2) is 4.98 Å². The number of likely N-dealkylation sites (N-methyl/N-ethyl adjacent to an activating group) is 1. The summed E-state index contributed by atoms with van der Waals surface area (Å²) < 4.78 is 6.10. The van der Waals surface area contributed by atoms with Crippen LogP contribution in [0.3, 0.4) is 0 Å². The molecule has 0 saturated carbocycles. The van der Waals surface area contributed by atoms with Crippen LogP contribution in [-0.2, 0) is 18.7 Å². The fourth-order valence-corrected chi connectivity index (χ4v) is 5.30. The molecule has 0 aliphatic heterocycles. The van der Waals surface area contributed by atoms with E-state index in [0.29, 0.717) is 6.61 Å². The summed E-state index contributed by atoms with van der Waals surface area (Å²) in [5.41, 5.74) is 4.18. The monoisotopic (exact) mass is 452 g/mol. The summed E-state index contributed by atoms with van der Waals surface area (Å²) in [4.78, 5) is 17.7. The van der Waals surface area contributed by atoms with E-state index in [2.05, 4.69) is 52.9 Å². The largest absolute Gasteiger partial charge is 0.492 e. The number of nitrogens with one attached hydrogen (secondary N) is 1. The number of aromatic amines is 1. The zero-order valence-corrected chi connectivity index (χ0v) is 19.9. The highest BCUT2D eigenvalue weighted by Gasteiger charge is 2.10. The van der Waals surface area contributed by atoms with Gasteiger partial charge in [0.2, 0.25) is 0 Å². The van der Waals surface area contributed by atoms with Gasteiger partial charge in [0.05, 0.1) is 16.7 Å². The Morgan fingerprint density at radius 3 is 2.77 bits per heavy atom. The number of rotatable bonds is 10. The van der Waals surface area contributed by atoms with Gasteiger partial charge in [0.1, 0.15) is 12.4 Å². The second-order valence-corrected chi connectivity index (χ2v) is 9.75. The van der Waals surface area contributed by atoms with Gasteiger partial charge in [-0.1, -0.05) is 30.8 Å². The highest BCUT2D eigenvalue weighted by Crippen LogP contribution is 2.27. The first-order chi connectivity index (χ1) is 15.1. The van der Waals surface area contributed by atoms with Crippen molar-refractivity contribution in [3.63, 3.8) is 0 Å². The zero-order valence-electron chi connectivity index (χ0n) is 18.2. The fourth-order valence-electron chi connectivity index (χ4n) is 3.35. The normalized spacial score (nSPS) is 11.5. The molecule has 0 aliphatic carbocycles. The third-order valence-electron chi connectivity index (χ3n) is 5.19. The molecule has 1 aromatic carbocycles. The number of imidazole rings is 1. The first-order valence-electron chi connectivity index (χ1n) is 10.5. The Morgan fingerprint density at radius 1 is 1.13 bits per heavy atom. The summed E-state index contributed by atoms with van der Waals surface area (Å²) in [5, 5.41) is 0.912. The van der Waals surface area contributed by atoms with Crippen molar-refractivity contribution in [2.75, 3.05) is 20.2 Å². The van der Waals surface area contributed by atoms with Gasteiger partial charge in [0.25, 0.3) is 0 Å². The Bertz CT molecular complexity index is 1100. The van der Waals surface area contributed by atoms with E-state index in [9.17, 15) is 0 Å². The van der Waals surface area contributed by atoms with Gasteiger partial charge >= 0.3 is 0 Å². The number of nitrogens with zero attached hydrogens (tertiary/aromatic N) is 3. The smallest absolute Gasteiger partial charge is 0.166 e. The third kappa shape index (κ3) is 5.67. The summed E-state index contributed by atoms with van der Waals surface area (Å²) in [7, 11) is 2.14. The Morgan fingerprint density at radius 2 is 1.97 bits per heavy atom. The molecule has 0 unspecified atom stereocenters. The molecule has 31 heavy (non-hydrogen) atoms. The quantitative estimate of drug-likeness (QED) is 0.313. The maximum Gasteiger partial charge on any atom is 0.166 e. The predicted octanol–water partition coefficient (Wildman–Crippen LogP) is 5.69. The van der Waals surface area contributed by atoms with E-state index in [1.165, 1.54) is 9.75 Å². The third-order valence-corrected chi connectivity index (χ3v) is 7.29. The van der Waals surface area contributed by atoms with Crippen LogP contribution in [0, 0.1) is 6.92 Å². The van der Waals surface area contributed by atoms with Crippen LogP contribution in [0.4, 0.5) is 0 Å². The van der Waals surface area contributed by atoms with E-state index < -0.39 is 0 Å². The van der Waals surface area contributed by atoms with Crippen molar-refractivity contribution in [3.05, 3.63) is 69.7 Å². The van der Waals surface area contributed by atoms with E-state index in [1.807, 2.05) is 47.9 Å². The summed E-state index contributed by atoms with van der Waals surface area (Å²) >= 11 is 3.56. The average molecular weight is 453 g/mol. The summed E-state index contributed by atoms with van der Waals surface area (Å²) in [6.45, 7) is 6.78. The van der Waals surface area contributed by atoms with Gasteiger partial charge in [0, 0.05) is 40.4 Å². The minimum Gasteiger partial charge on any atom is -0.492 e. The second-order valence-electron chi connectivity index (χ2n) is 7.54. The number of hydrogen-bond acceptors (Lipinski definition) is 6. The van der Waals surface area contributed by atoms with Crippen molar-refractivity contribution in [1.82, 2.24) is 19.9 Å². The number of thiophene rings is 1. The van der Waals surface area contributed by atoms with Crippen LogP contribution in [0.2, 0.25) is 0 Å². The topological polar surface area (TPSA) is 54.0 Å². The molecule has 0 amide bonds. The minimum absolute atomic E-state index is 0.656. The number of thioether (sulfide) groups is 1. The van der Waals surface area contributed by atoms with Crippen molar-refractivity contribution in [2.24, 2.45) is 0 Å². The lowest BCUT2D eigenvalue weighted by molar-refractivity contribution is 0.233. The Hall–Kier alpha value is -2.35. The first-order valence-corrected chi connectivity index (χ1v) is 12.3. The first kappa shape index (κ1) is 21.9. The summed E-state index contributed by atoms with van der Waals surface area (Å²) in [6.07, 6.45) is 2.94. The molecule has 0 aliphatic rings. The number of ether oxygens (including phenoxy) is 1. The maximum absolute atomic E-state index is 6.10. The van der Waals surface area contributed by atoms with Gasteiger partial charge in [-0.2, -0.15) is 0 Å². The van der Waals surface area contributed by atoms with Crippen molar-refractivity contribution >= 4 is 34.1 Å². The number of hydrogen-bond donors (Lipinski definition) is 1. The van der Waals surface area contributed by atoms with Gasteiger partial charge < -0.3 is 9.72 Å². The lowest BCUT2D eigenvalue weighted by atomic mass is 10.2. The highest BCUT2D eigenvalue weighted by molar-refractivity contribution is 7.98. The molecule has 3 aromatic heterocycles. The van der Waals surface area contributed by atoms with E-state index in [0.717, 1.165) is 58.5 Å². The molecule has 162 valence electrons. The fraction of sp³-hybridized carbons (Fsp3) is 0.333. The van der Waals surface area contributed by atoms with Crippen LogP contribution in [0.1, 0.15) is 27.9 Å². The average Bonchev–Trinajstić information content (AvgIpc) is 3.40. The molecule has 1 N–H and O–H groups in total. The van der Waals surface area contributed by atoms with Crippen LogP contribution >= 0.6 is 23.1 Å². The Labute approximate surface area is 191 Å². The lowest BCUT2D eigenvalue weighted by Crippen LogP contribution is -2.23. The molecule has 0 bridgehead atoms. The van der Waals surface area contributed by atoms with Gasteiger partial charge in [0.15, 0.2) is 5.16 Å². The van der Waals surface area contributed by atoms with Crippen molar-refractivity contribution in [2.45, 2.75) is 37.7 Å². The Kier molecular flexibility index (Phi) is 7.27. The number of H-pyrrole nitrogens is 1. The number of benzene rings is 1. The van der Waals surface area contributed by atoms with E-state index >= 15 is 0 Å². The van der Waals surface area contributed by atoms with Gasteiger partial charge in [-0.15, -0.1) is 11.3 Å². The van der Waals surface area contributed by atoms with E-state index in [1.54, 1.807) is 11.8 Å². The second kappa shape index (κ2) is 10.3. The molecular formula is C24H28N4OS2. The molecule has 0 saturated heterocycles.